The molecule has 4 nitrogen and oxygen atoms in total. The molecule has 0 aliphatic heterocycles. The van der Waals surface area contributed by atoms with E-state index in [1.807, 2.05) is 19.0 Å². The first-order chi connectivity index (χ1) is 9.02. The second-order valence-corrected chi connectivity index (χ2v) is 4.79. The molecule has 0 aliphatic carbocycles. The van der Waals surface area contributed by atoms with Gasteiger partial charge < -0.3 is 14.6 Å². The van der Waals surface area contributed by atoms with Crippen LogP contribution < -0.4 is 5.56 Å². The molecular formula is C14H17FN2O2. The van der Waals surface area contributed by atoms with Crippen molar-refractivity contribution in [2.45, 2.75) is 13.2 Å². The number of hydrogen-bond acceptors (Lipinski definition) is 3. The summed E-state index contributed by atoms with van der Waals surface area (Å²) in [4.78, 5) is 14.1. The van der Waals surface area contributed by atoms with Crippen molar-refractivity contribution >= 4 is 10.9 Å². The van der Waals surface area contributed by atoms with Crippen molar-refractivity contribution in [3.63, 3.8) is 0 Å². The summed E-state index contributed by atoms with van der Waals surface area (Å²) in [7, 11) is 3.81. The first-order valence-electron chi connectivity index (χ1n) is 6.10. The van der Waals surface area contributed by atoms with Gasteiger partial charge in [0, 0.05) is 18.7 Å². The van der Waals surface area contributed by atoms with Gasteiger partial charge in [-0.05, 0) is 43.7 Å². The highest BCUT2D eigenvalue weighted by molar-refractivity contribution is 5.79. The maximum Gasteiger partial charge on any atom is 0.256 e. The van der Waals surface area contributed by atoms with Crippen LogP contribution in [0, 0.1) is 5.82 Å². The predicted molar refractivity (Wildman–Crippen MR) is 72.6 cm³/mol. The Morgan fingerprint density at radius 3 is 2.68 bits per heavy atom. The van der Waals surface area contributed by atoms with Crippen LogP contribution in [0.3, 0.4) is 0 Å². The fourth-order valence-electron chi connectivity index (χ4n) is 2.04. The zero-order valence-electron chi connectivity index (χ0n) is 11.1. The van der Waals surface area contributed by atoms with Crippen LogP contribution in [-0.2, 0) is 13.2 Å². The van der Waals surface area contributed by atoms with Gasteiger partial charge in [0.15, 0.2) is 0 Å². The lowest BCUT2D eigenvalue weighted by Crippen LogP contribution is -2.29. The van der Waals surface area contributed by atoms with Crippen LogP contribution in [-0.4, -0.2) is 35.2 Å². The quantitative estimate of drug-likeness (QED) is 0.902. The second-order valence-electron chi connectivity index (χ2n) is 4.79. The third-order valence-electron chi connectivity index (χ3n) is 3.07. The number of aromatic nitrogens is 1. The first-order valence-corrected chi connectivity index (χ1v) is 6.10. The zero-order valence-corrected chi connectivity index (χ0v) is 11.1. The van der Waals surface area contributed by atoms with E-state index in [-0.39, 0.29) is 18.0 Å². The number of aliphatic hydroxyl groups excluding tert-OH is 1. The monoisotopic (exact) mass is 264 g/mol. The zero-order chi connectivity index (χ0) is 14.0. The van der Waals surface area contributed by atoms with E-state index in [4.69, 9.17) is 0 Å². The molecule has 0 saturated carbocycles. The molecule has 1 heterocycles. The summed E-state index contributed by atoms with van der Waals surface area (Å²) in [5.74, 6) is -0.373. The standard InChI is InChI=1S/C14H17FN2O2/c1-16(2)5-6-17-13-8-12(15)4-3-10(13)7-11(9-18)14(17)19/h3-4,7-8,18H,5-6,9H2,1-2H3. The van der Waals surface area contributed by atoms with Crippen LogP contribution in [0.5, 0.6) is 0 Å². The number of halogens is 1. The molecule has 0 saturated heterocycles. The van der Waals surface area contributed by atoms with Crippen molar-refractivity contribution in [1.82, 2.24) is 9.47 Å². The molecule has 0 spiro atoms. The number of pyridine rings is 1. The number of aliphatic hydroxyl groups is 1. The highest BCUT2D eigenvalue weighted by Gasteiger charge is 2.09. The summed E-state index contributed by atoms with van der Waals surface area (Å²) in [6.07, 6.45) is 0. The van der Waals surface area contributed by atoms with E-state index in [2.05, 4.69) is 0 Å². The molecule has 0 fully saturated rings. The van der Waals surface area contributed by atoms with Crippen molar-refractivity contribution in [2.75, 3.05) is 20.6 Å². The molecule has 0 amide bonds. The molecule has 0 atom stereocenters. The minimum Gasteiger partial charge on any atom is -0.391 e. The maximum absolute atomic E-state index is 13.4. The SMILES string of the molecule is CN(C)CCn1c(=O)c(CO)cc2ccc(F)cc21. The number of rotatable bonds is 4. The van der Waals surface area contributed by atoms with E-state index >= 15 is 0 Å². The van der Waals surface area contributed by atoms with Crippen LogP contribution >= 0.6 is 0 Å². The Bertz CT molecular complexity index is 650. The Kier molecular flexibility index (Phi) is 3.97. The number of fused-ring (bicyclic) bond motifs is 1. The summed E-state index contributed by atoms with van der Waals surface area (Å²) in [6, 6.07) is 5.94. The third-order valence-corrected chi connectivity index (χ3v) is 3.07. The summed E-state index contributed by atoms with van der Waals surface area (Å²) in [5.41, 5.74) is 0.629. The minimum absolute atomic E-state index is 0.262. The van der Waals surface area contributed by atoms with Crippen molar-refractivity contribution in [1.29, 1.82) is 0 Å². The number of benzene rings is 1. The van der Waals surface area contributed by atoms with Gasteiger partial charge in [-0.15, -0.1) is 0 Å². The molecule has 0 aliphatic rings. The molecule has 1 aromatic heterocycles. The van der Waals surface area contributed by atoms with Gasteiger partial charge >= 0.3 is 0 Å². The summed E-state index contributed by atoms with van der Waals surface area (Å²) < 4.78 is 14.9. The van der Waals surface area contributed by atoms with Gasteiger partial charge in [0.2, 0.25) is 0 Å². The Balaban J connectivity index is 2.64. The molecule has 2 aromatic rings. The average Bonchev–Trinajstić information content (AvgIpc) is 2.37. The maximum atomic E-state index is 13.4. The topological polar surface area (TPSA) is 45.5 Å². The van der Waals surface area contributed by atoms with E-state index in [0.717, 1.165) is 5.39 Å². The molecule has 1 N–H and O–H groups in total. The molecule has 5 heteroatoms. The largest absolute Gasteiger partial charge is 0.391 e. The number of nitrogens with zero attached hydrogens (tertiary/aromatic N) is 2. The van der Waals surface area contributed by atoms with Gasteiger partial charge in [-0.2, -0.15) is 0 Å². The predicted octanol–water partition coefficient (Wildman–Crippen LogP) is 1.19. The Hall–Kier alpha value is -1.72. The fourth-order valence-corrected chi connectivity index (χ4v) is 2.04. The van der Waals surface area contributed by atoms with Gasteiger partial charge in [-0.1, -0.05) is 0 Å². The molecule has 102 valence electrons. The first kappa shape index (κ1) is 13.7. The lowest BCUT2D eigenvalue weighted by molar-refractivity contribution is 0.279. The molecule has 0 bridgehead atoms. The van der Waals surface area contributed by atoms with Crippen LogP contribution in [0.1, 0.15) is 5.56 Å². The second kappa shape index (κ2) is 5.50. The van der Waals surface area contributed by atoms with Crippen LogP contribution in [0.25, 0.3) is 10.9 Å². The lowest BCUT2D eigenvalue weighted by Gasteiger charge is -2.15. The molecule has 1 aromatic carbocycles. The van der Waals surface area contributed by atoms with E-state index in [9.17, 15) is 14.3 Å². The van der Waals surface area contributed by atoms with Crippen LogP contribution in [0.2, 0.25) is 0 Å². The van der Waals surface area contributed by atoms with Gasteiger partial charge in [-0.25, -0.2) is 4.39 Å². The average molecular weight is 264 g/mol. The Morgan fingerprint density at radius 1 is 1.32 bits per heavy atom. The molecule has 2 rings (SSSR count). The highest BCUT2D eigenvalue weighted by Crippen LogP contribution is 2.15. The lowest BCUT2D eigenvalue weighted by atomic mass is 10.1. The van der Waals surface area contributed by atoms with E-state index in [1.54, 1.807) is 12.1 Å². The van der Waals surface area contributed by atoms with Crippen LogP contribution in [0.4, 0.5) is 4.39 Å². The molecule has 0 unspecified atom stereocenters. The molecular weight excluding hydrogens is 247 g/mol. The van der Waals surface area contributed by atoms with Crippen molar-refractivity contribution in [2.24, 2.45) is 0 Å². The highest BCUT2D eigenvalue weighted by atomic mass is 19.1. The van der Waals surface area contributed by atoms with E-state index in [0.29, 0.717) is 24.2 Å². The number of hydrogen-bond donors (Lipinski definition) is 1. The van der Waals surface area contributed by atoms with Gasteiger partial charge in [-0.3, -0.25) is 4.79 Å². The minimum atomic E-state index is -0.373. The third kappa shape index (κ3) is 2.83. The Morgan fingerprint density at radius 2 is 2.05 bits per heavy atom. The van der Waals surface area contributed by atoms with Crippen molar-refractivity contribution < 1.29 is 9.50 Å². The van der Waals surface area contributed by atoms with Gasteiger partial charge in [0.1, 0.15) is 5.82 Å². The molecule has 0 radical (unpaired) electrons. The normalized spacial score (nSPS) is 11.4. The summed E-state index contributed by atoms with van der Waals surface area (Å²) in [5, 5.41) is 9.99. The number of likely N-dealkylation sites (N-methyl/N-ethyl adjacent to an activating group) is 1. The summed E-state index contributed by atoms with van der Waals surface area (Å²) in [6.45, 7) is 0.814. The van der Waals surface area contributed by atoms with Gasteiger partial charge in [0.25, 0.3) is 5.56 Å². The fraction of sp³-hybridized carbons (Fsp3) is 0.357. The summed E-state index contributed by atoms with van der Waals surface area (Å²) >= 11 is 0. The van der Waals surface area contributed by atoms with Crippen molar-refractivity contribution in [3.05, 3.63) is 46.0 Å². The van der Waals surface area contributed by atoms with E-state index < -0.39 is 0 Å². The van der Waals surface area contributed by atoms with Crippen LogP contribution in [0.15, 0.2) is 29.1 Å². The van der Waals surface area contributed by atoms with Crippen molar-refractivity contribution in [3.8, 4) is 0 Å². The Labute approximate surface area is 110 Å². The van der Waals surface area contributed by atoms with E-state index in [1.165, 1.54) is 16.7 Å². The van der Waals surface area contributed by atoms with Gasteiger partial charge in [0.05, 0.1) is 12.1 Å². The molecule has 19 heavy (non-hydrogen) atoms. The smallest absolute Gasteiger partial charge is 0.256 e.